The summed E-state index contributed by atoms with van der Waals surface area (Å²) >= 11 is 3.20. The Morgan fingerprint density at radius 1 is 1.05 bits per heavy atom. The van der Waals surface area contributed by atoms with E-state index in [-0.39, 0.29) is 5.82 Å². The second-order valence-corrected chi connectivity index (χ2v) is 5.76. The number of hydrogen-bond acceptors (Lipinski definition) is 1. The van der Waals surface area contributed by atoms with Gasteiger partial charge in [-0.2, -0.15) is 0 Å². The summed E-state index contributed by atoms with van der Waals surface area (Å²) in [5.74, 6) is -0.228. The minimum absolute atomic E-state index is 0.228. The number of rotatable bonds is 6. The van der Waals surface area contributed by atoms with Crippen molar-refractivity contribution in [2.45, 2.75) is 32.7 Å². The average molecular weight is 336 g/mol. The molecule has 1 N–H and O–H groups in total. The van der Waals surface area contributed by atoms with Crippen molar-refractivity contribution in [2.24, 2.45) is 0 Å². The van der Waals surface area contributed by atoms with Gasteiger partial charge < -0.3 is 5.32 Å². The highest BCUT2D eigenvalue weighted by Crippen LogP contribution is 2.18. The van der Waals surface area contributed by atoms with Crippen LogP contribution in [0.3, 0.4) is 0 Å². The van der Waals surface area contributed by atoms with E-state index in [0.29, 0.717) is 11.0 Å². The average Bonchev–Trinajstić information content (AvgIpc) is 2.47. The van der Waals surface area contributed by atoms with E-state index in [1.165, 1.54) is 24.5 Å². The maximum absolute atomic E-state index is 13.1. The highest BCUT2D eigenvalue weighted by Gasteiger charge is 2.00. The molecule has 0 radical (unpaired) electrons. The van der Waals surface area contributed by atoms with Gasteiger partial charge in [0.05, 0.1) is 4.47 Å². The first kappa shape index (κ1) is 15.0. The highest BCUT2D eigenvalue weighted by atomic mass is 79.9. The van der Waals surface area contributed by atoms with Gasteiger partial charge in [0.15, 0.2) is 0 Å². The molecule has 3 heteroatoms. The van der Waals surface area contributed by atoms with Crippen molar-refractivity contribution in [3.8, 4) is 0 Å². The fourth-order valence-corrected chi connectivity index (χ4v) is 2.45. The second kappa shape index (κ2) is 7.44. The summed E-state index contributed by atoms with van der Waals surface area (Å²) in [7, 11) is 0. The monoisotopic (exact) mass is 335 g/mol. The minimum Gasteiger partial charge on any atom is -0.381 e. The molecule has 0 fully saturated rings. The van der Waals surface area contributed by atoms with Gasteiger partial charge in [0.2, 0.25) is 0 Å². The molecular formula is C17H19BrFN. The van der Waals surface area contributed by atoms with E-state index >= 15 is 0 Å². The zero-order valence-electron chi connectivity index (χ0n) is 11.6. The first-order valence-corrected chi connectivity index (χ1v) is 7.75. The molecule has 0 spiro atoms. The Morgan fingerprint density at radius 2 is 1.75 bits per heavy atom. The molecule has 106 valence electrons. The number of anilines is 1. The van der Waals surface area contributed by atoms with Crippen molar-refractivity contribution in [3.63, 3.8) is 0 Å². The van der Waals surface area contributed by atoms with Crippen LogP contribution in [-0.2, 0) is 13.0 Å². The quantitative estimate of drug-likeness (QED) is 0.730. The van der Waals surface area contributed by atoms with Crippen LogP contribution < -0.4 is 5.32 Å². The molecule has 0 aliphatic heterocycles. The van der Waals surface area contributed by atoms with Crippen molar-refractivity contribution in [2.75, 3.05) is 5.32 Å². The van der Waals surface area contributed by atoms with Gasteiger partial charge in [0.1, 0.15) is 5.82 Å². The van der Waals surface area contributed by atoms with Gasteiger partial charge in [-0.25, -0.2) is 4.39 Å². The van der Waals surface area contributed by atoms with Crippen LogP contribution in [0.1, 0.15) is 30.9 Å². The highest BCUT2D eigenvalue weighted by molar-refractivity contribution is 9.10. The second-order valence-electron chi connectivity index (χ2n) is 4.90. The lowest BCUT2D eigenvalue weighted by molar-refractivity contribution is 0.620. The molecule has 0 amide bonds. The third-order valence-corrected chi connectivity index (χ3v) is 3.86. The smallest absolute Gasteiger partial charge is 0.137 e. The molecule has 0 aromatic heterocycles. The third kappa shape index (κ3) is 4.34. The molecule has 2 aromatic rings. The van der Waals surface area contributed by atoms with E-state index in [1.54, 1.807) is 12.1 Å². The molecule has 20 heavy (non-hydrogen) atoms. The van der Waals surface area contributed by atoms with Crippen molar-refractivity contribution < 1.29 is 4.39 Å². The predicted molar refractivity (Wildman–Crippen MR) is 86.5 cm³/mol. The van der Waals surface area contributed by atoms with Crippen LogP contribution in [0, 0.1) is 5.82 Å². The zero-order valence-corrected chi connectivity index (χ0v) is 13.2. The van der Waals surface area contributed by atoms with Gasteiger partial charge in [0, 0.05) is 12.2 Å². The summed E-state index contributed by atoms with van der Waals surface area (Å²) in [4.78, 5) is 0. The molecule has 1 nitrogen and oxygen atoms in total. The molecule has 0 aliphatic carbocycles. The van der Waals surface area contributed by atoms with Crippen LogP contribution >= 0.6 is 15.9 Å². The van der Waals surface area contributed by atoms with Crippen LogP contribution in [0.15, 0.2) is 46.9 Å². The number of nitrogens with one attached hydrogen (secondary N) is 1. The Labute approximate surface area is 128 Å². The first-order valence-electron chi connectivity index (χ1n) is 6.96. The van der Waals surface area contributed by atoms with Crippen molar-refractivity contribution in [3.05, 3.63) is 63.9 Å². The molecule has 2 rings (SSSR count). The molecule has 0 atom stereocenters. The van der Waals surface area contributed by atoms with Crippen molar-refractivity contribution in [1.29, 1.82) is 0 Å². The lowest BCUT2D eigenvalue weighted by Crippen LogP contribution is -1.99. The number of aryl methyl sites for hydroxylation is 1. The Morgan fingerprint density at radius 3 is 2.40 bits per heavy atom. The predicted octanol–water partition coefficient (Wildman–Crippen LogP) is 5.54. The number of unbranched alkanes of at least 4 members (excludes halogenated alkanes) is 1. The van der Waals surface area contributed by atoms with Crippen molar-refractivity contribution in [1.82, 2.24) is 0 Å². The Balaban J connectivity index is 1.91. The molecule has 2 aromatic carbocycles. The summed E-state index contributed by atoms with van der Waals surface area (Å²) in [6.45, 7) is 2.89. The van der Waals surface area contributed by atoms with Gasteiger partial charge in [-0.15, -0.1) is 0 Å². The summed E-state index contributed by atoms with van der Waals surface area (Å²) in [6.07, 6.45) is 3.59. The van der Waals surface area contributed by atoms with Gasteiger partial charge in [0.25, 0.3) is 0 Å². The molecule has 0 heterocycles. The van der Waals surface area contributed by atoms with E-state index in [1.807, 2.05) is 0 Å². The van der Waals surface area contributed by atoms with Crippen LogP contribution in [0.5, 0.6) is 0 Å². The van der Waals surface area contributed by atoms with Gasteiger partial charge in [-0.3, -0.25) is 0 Å². The largest absolute Gasteiger partial charge is 0.381 e. The van der Waals surface area contributed by atoms with E-state index < -0.39 is 0 Å². The molecule has 0 bridgehead atoms. The summed E-state index contributed by atoms with van der Waals surface area (Å²) < 4.78 is 13.6. The zero-order chi connectivity index (χ0) is 14.4. The molecular weight excluding hydrogens is 317 g/mol. The fourth-order valence-electron chi connectivity index (χ4n) is 2.02. The number of benzene rings is 2. The molecule has 0 unspecified atom stereocenters. The van der Waals surface area contributed by atoms with E-state index in [2.05, 4.69) is 52.4 Å². The maximum Gasteiger partial charge on any atom is 0.137 e. The summed E-state index contributed by atoms with van der Waals surface area (Å²) in [5.41, 5.74) is 3.51. The Hall–Kier alpha value is -1.35. The Kier molecular flexibility index (Phi) is 5.60. The van der Waals surface area contributed by atoms with E-state index in [4.69, 9.17) is 0 Å². The lowest BCUT2D eigenvalue weighted by Gasteiger charge is -2.08. The molecule has 0 aliphatic rings. The normalized spacial score (nSPS) is 10.6. The topological polar surface area (TPSA) is 12.0 Å². The van der Waals surface area contributed by atoms with E-state index in [9.17, 15) is 4.39 Å². The number of halogens is 2. The van der Waals surface area contributed by atoms with Crippen LogP contribution in [-0.4, -0.2) is 0 Å². The van der Waals surface area contributed by atoms with Gasteiger partial charge in [-0.05, 0) is 64.2 Å². The molecule has 0 saturated carbocycles. The first-order chi connectivity index (χ1) is 9.69. The SMILES string of the molecule is CCCCc1ccc(NCc2ccc(F)c(Br)c2)cc1. The third-order valence-electron chi connectivity index (χ3n) is 3.25. The van der Waals surface area contributed by atoms with Gasteiger partial charge >= 0.3 is 0 Å². The standard InChI is InChI=1S/C17H19BrFN/c1-2-3-4-13-5-8-15(9-6-13)20-12-14-7-10-17(19)16(18)11-14/h5-11,20H,2-4,12H2,1H3. The van der Waals surface area contributed by atoms with Gasteiger partial charge in [-0.1, -0.05) is 31.5 Å². The maximum atomic E-state index is 13.1. The minimum atomic E-state index is -0.228. The van der Waals surface area contributed by atoms with Crippen LogP contribution in [0.2, 0.25) is 0 Å². The van der Waals surface area contributed by atoms with Crippen molar-refractivity contribution >= 4 is 21.6 Å². The number of hydrogen-bond donors (Lipinski definition) is 1. The Bertz CT molecular complexity index is 551. The van der Waals surface area contributed by atoms with Crippen LogP contribution in [0.4, 0.5) is 10.1 Å². The fraction of sp³-hybridized carbons (Fsp3) is 0.294. The summed E-state index contributed by atoms with van der Waals surface area (Å²) in [6, 6.07) is 13.6. The lowest BCUT2D eigenvalue weighted by atomic mass is 10.1. The molecule has 0 saturated heterocycles. The van der Waals surface area contributed by atoms with Crippen LogP contribution in [0.25, 0.3) is 0 Å². The van der Waals surface area contributed by atoms with E-state index in [0.717, 1.165) is 17.7 Å². The summed E-state index contributed by atoms with van der Waals surface area (Å²) in [5, 5.41) is 3.35.